The minimum atomic E-state index is -0.309. The first kappa shape index (κ1) is 14.8. The zero-order valence-corrected chi connectivity index (χ0v) is 11.5. The van der Waals surface area contributed by atoms with Crippen molar-refractivity contribution in [3.63, 3.8) is 0 Å². The molecule has 0 bridgehead atoms. The van der Waals surface area contributed by atoms with Crippen molar-refractivity contribution >= 4 is 17.5 Å². The van der Waals surface area contributed by atoms with E-state index >= 15 is 0 Å². The van der Waals surface area contributed by atoms with Crippen molar-refractivity contribution in [2.24, 2.45) is 11.3 Å². The lowest BCUT2D eigenvalue weighted by Gasteiger charge is -2.29. The standard InChI is InChI=1S/C12H24ClNO/c1-9(11(2,3)4)7-10(15)14-12(5,6)8-13/h9H,7-8H2,1-6H3,(H,14,15). The second-order valence-corrected chi connectivity index (χ2v) is 6.30. The molecule has 3 heteroatoms. The van der Waals surface area contributed by atoms with E-state index in [9.17, 15) is 4.79 Å². The van der Waals surface area contributed by atoms with Crippen molar-refractivity contribution in [1.82, 2.24) is 5.32 Å². The van der Waals surface area contributed by atoms with E-state index in [0.717, 1.165) is 0 Å². The molecule has 0 radical (unpaired) electrons. The van der Waals surface area contributed by atoms with Gasteiger partial charge in [-0.25, -0.2) is 0 Å². The molecule has 15 heavy (non-hydrogen) atoms. The van der Waals surface area contributed by atoms with Crippen LogP contribution in [0.2, 0.25) is 0 Å². The second-order valence-electron chi connectivity index (χ2n) is 6.04. The number of alkyl halides is 1. The molecule has 2 nitrogen and oxygen atoms in total. The molecule has 1 unspecified atom stereocenters. The maximum atomic E-state index is 11.7. The lowest BCUT2D eigenvalue weighted by Crippen LogP contribution is -2.45. The molecule has 0 aromatic carbocycles. The molecule has 0 fully saturated rings. The van der Waals surface area contributed by atoms with E-state index in [2.05, 4.69) is 33.0 Å². The van der Waals surface area contributed by atoms with Crippen LogP contribution in [-0.2, 0) is 4.79 Å². The van der Waals surface area contributed by atoms with Gasteiger partial charge >= 0.3 is 0 Å². The van der Waals surface area contributed by atoms with Gasteiger partial charge in [-0.1, -0.05) is 27.7 Å². The first-order valence-electron chi connectivity index (χ1n) is 5.45. The number of halogens is 1. The van der Waals surface area contributed by atoms with Crippen molar-refractivity contribution in [3.8, 4) is 0 Å². The molecular formula is C12H24ClNO. The second kappa shape index (κ2) is 5.20. The Kier molecular flexibility index (Phi) is 5.12. The molecule has 1 N–H and O–H groups in total. The molecule has 90 valence electrons. The molecule has 0 aromatic rings. The quantitative estimate of drug-likeness (QED) is 0.743. The minimum absolute atomic E-state index is 0.0862. The zero-order chi connectivity index (χ0) is 12.3. The molecule has 1 amide bonds. The van der Waals surface area contributed by atoms with Crippen LogP contribution in [0.15, 0.2) is 0 Å². The van der Waals surface area contributed by atoms with Gasteiger partial charge in [0.25, 0.3) is 0 Å². The number of nitrogens with one attached hydrogen (secondary N) is 1. The van der Waals surface area contributed by atoms with E-state index in [1.54, 1.807) is 0 Å². The van der Waals surface area contributed by atoms with Gasteiger partial charge in [0, 0.05) is 17.8 Å². The van der Waals surface area contributed by atoms with Crippen molar-refractivity contribution in [3.05, 3.63) is 0 Å². The van der Waals surface area contributed by atoms with Gasteiger partial charge in [-0.3, -0.25) is 4.79 Å². The summed E-state index contributed by atoms with van der Waals surface area (Å²) in [6.45, 7) is 12.4. The molecule has 1 atom stereocenters. The number of hydrogen-bond donors (Lipinski definition) is 1. The number of rotatable bonds is 4. The van der Waals surface area contributed by atoms with Crippen molar-refractivity contribution in [2.75, 3.05) is 5.88 Å². The fourth-order valence-electron chi connectivity index (χ4n) is 1.05. The minimum Gasteiger partial charge on any atom is -0.350 e. The van der Waals surface area contributed by atoms with Crippen LogP contribution in [0.3, 0.4) is 0 Å². The van der Waals surface area contributed by atoms with Gasteiger partial charge in [-0.15, -0.1) is 11.6 Å². The highest BCUT2D eigenvalue weighted by Gasteiger charge is 2.25. The Morgan fingerprint density at radius 3 is 2.07 bits per heavy atom. The van der Waals surface area contributed by atoms with E-state index in [1.807, 2.05) is 13.8 Å². The lowest BCUT2D eigenvalue weighted by atomic mass is 9.80. The van der Waals surface area contributed by atoms with Crippen LogP contribution in [0, 0.1) is 11.3 Å². The van der Waals surface area contributed by atoms with Crippen LogP contribution in [0.5, 0.6) is 0 Å². The third-order valence-corrected chi connectivity index (χ3v) is 3.45. The van der Waals surface area contributed by atoms with E-state index in [1.165, 1.54) is 0 Å². The third-order valence-electron chi connectivity index (χ3n) is 2.78. The molecule has 0 saturated heterocycles. The average molecular weight is 234 g/mol. The van der Waals surface area contributed by atoms with E-state index < -0.39 is 0 Å². The van der Waals surface area contributed by atoms with Crippen molar-refractivity contribution in [1.29, 1.82) is 0 Å². The summed E-state index contributed by atoms with van der Waals surface area (Å²) in [5, 5.41) is 2.94. The summed E-state index contributed by atoms with van der Waals surface area (Å²) in [6, 6.07) is 0. The highest BCUT2D eigenvalue weighted by Crippen LogP contribution is 2.28. The van der Waals surface area contributed by atoms with Crippen LogP contribution >= 0.6 is 11.6 Å². The lowest BCUT2D eigenvalue weighted by molar-refractivity contribution is -0.124. The Morgan fingerprint density at radius 2 is 1.73 bits per heavy atom. The van der Waals surface area contributed by atoms with Gasteiger partial charge in [-0.05, 0) is 25.2 Å². The summed E-state index contributed by atoms with van der Waals surface area (Å²) in [7, 11) is 0. The Hall–Kier alpha value is -0.240. The Bertz CT molecular complexity index is 218. The smallest absolute Gasteiger partial charge is 0.220 e. The van der Waals surface area contributed by atoms with Gasteiger partial charge in [0.2, 0.25) is 5.91 Å². The highest BCUT2D eigenvalue weighted by molar-refractivity contribution is 6.18. The normalized spacial score (nSPS) is 14.9. The van der Waals surface area contributed by atoms with Crippen LogP contribution in [0.4, 0.5) is 0 Å². The molecule has 0 aromatic heterocycles. The summed E-state index contributed by atoms with van der Waals surface area (Å²) in [4.78, 5) is 11.7. The van der Waals surface area contributed by atoms with Crippen LogP contribution in [0.1, 0.15) is 48.0 Å². The van der Waals surface area contributed by atoms with Gasteiger partial charge in [0.15, 0.2) is 0 Å². The molecule has 0 rings (SSSR count). The van der Waals surface area contributed by atoms with Crippen molar-refractivity contribution in [2.45, 2.75) is 53.5 Å². The van der Waals surface area contributed by atoms with Gasteiger partial charge in [0.05, 0.1) is 0 Å². The fourth-order valence-corrected chi connectivity index (χ4v) is 1.11. The predicted octanol–water partition coefficient (Wildman–Crippen LogP) is 3.19. The maximum absolute atomic E-state index is 11.7. The maximum Gasteiger partial charge on any atom is 0.220 e. The molecule has 0 heterocycles. The number of carbonyl (C=O) groups is 1. The number of carbonyl (C=O) groups excluding carboxylic acids is 1. The van der Waals surface area contributed by atoms with E-state index in [4.69, 9.17) is 11.6 Å². The fraction of sp³-hybridized carbons (Fsp3) is 0.917. The summed E-state index contributed by atoms with van der Waals surface area (Å²) in [5.41, 5.74) is -0.140. The molecular weight excluding hydrogens is 210 g/mol. The van der Waals surface area contributed by atoms with Crippen molar-refractivity contribution < 1.29 is 4.79 Å². The average Bonchev–Trinajstić information content (AvgIpc) is 2.01. The Balaban J connectivity index is 4.17. The molecule has 0 spiro atoms. The molecule has 0 aliphatic heterocycles. The SMILES string of the molecule is CC(CC(=O)NC(C)(C)CCl)C(C)(C)C. The summed E-state index contributed by atoms with van der Waals surface area (Å²) in [5.74, 6) is 0.884. The summed E-state index contributed by atoms with van der Waals surface area (Å²) in [6.07, 6.45) is 0.559. The van der Waals surface area contributed by atoms with E-state index in [-0.39, 0.29) is 16.9 Å². The highest BCUT2D eigenvalue weighted by atomic mass is 35.5. The van der Waals surface area contributed by atoms with Crippen LogP contribution in [0.25, 0.3) is 0 Å². The van der Waals surface area contributed by atoms with Crippen LogP contribution in [-0.4, -0.2) is 17.3 Å². The predicted molar refractivity (Wildman–Crippen MR) is 66.2 cm³/mol. The molecule has 0 aliphatic carbocycles. The van der Waals surface area contributed by atoms with E-state index in [0.29, 0.717) is 18.2 Å². The van der Waals surface area contributed by atoms with Gasteiger partial charge in [0.1, 0.15) is 0 Å². The summed E-state index contributed by atoms with van der Waals surface area (Å²) >= 11 is 5.75. The molecule has 0 aliphatic rings. The Labute approximate surface area is 98.8 Å². The largest absolute Gasteiger partial charge is 0.350 e. The van der Waals surface area contributed by atoms with Gasteiger partial charge < -0.3 is 5.32 Å². The molecule has 0 saturated carbocycles. The van der Waals surface area contributed by atoms with Gasteiger partial charge in [-0.2, -0.15) is 0 Å². The summed E-state index contributed by atoms with van der Waals surface area (Å²) < 4.78 is 0. The first-order valence-corrected chi connectivity index (χ1v) is 5.99. The van der Waals surface area contributed by atoms with Crippen LogP contribution < -0.4 is 5.32 Å². The Morgan fingerprint density at radius 1 is 1.27 bits per heavy atom. The third kappa shape index (κ3) is 6.03. The zero-order valence-electron chi connectivity index (χ0n) is 10.8. The number of hydrogen-bond acceptors (Lipinski definition) is 1. The first-order chi connectivity index (χ1) is 6.58. The number of amides is 1. The monoisotopic (exact) mass is 233 g/mol. The topological polar surface area (TPSA) is 29.1 Å².